The lowest BCUT2D eigenvalue weighted by atomic mass is 10.2. The molecule has 0 spiro atoms. The topological polar surface area (TPSA) is 67.9 Å². The summed E-state index contributed by atoms with van der Waals surface area (Å²) >= 11 is 9.25. The number of rotatable bonds is 5. The largest absolute Gasteiger partial charge is 0.452 e. The van der Waals surface area contributed by atoms with Crippen LogP contribution in [0.3, 0.4) is 0 Å². The number of ether oxygens (including phenoxy) is 2. The summed E-state index contributed by atoms with van der Waals surface area (Å²) in [5.41, 5.74) is 1.91. The third-order valence-corrected chi connectivity index (χ3v) is 4.83. The van der Waals surface area contributed by atoms with Gasteiger partial charge in [0, 0.05) is 28.9 Å². The van der Waals surface area contributed by atoms with Crippen LogP contribution in [0.25, 0.3) is 0 Å². The van der Waals surface area contributed by atoms with Gasteiger partial charge in [0.05, 0.1) is 23.8 Å². The Hall–Kier alpha value is -2.09. The van der Waals surface area contributed by atoms with Crippen molar-refractivity contribution in [2.24, 2.45) is 0 Å². The summed E-state index contributed by atoms with van der Waals surface area (Å²) in [5, 5.41) is 2.97. The quantitative estimate of drug-likeness (QED) is 0.699. The summed E-state index contributed by atoms with van der Waals surface area (Å²) in [5.74, 6) is -1.08. The highest BCUT2D eigenvalue weighted by atomic mass is 79.9. The van der Waals surface area contributed by atoms with Crippen molar-refractivity contribution in [2.45, 2.75) is 0 Å². The first kappa shape index (κ1) is 19.7. The van der Waals surface area contributed by atoms with Gasteiger partial charge in [-0.05, 0) is 42.5 Å². The molecule has 1 aliphatic heterocycles. The minimum atomic E-state index is -0.654. The molecule has 2 aromatic carbocycles. The van der Waals surface area contributed by atoms with Crippen LogP contribution in [0.1, 0.15) is 10.4 Å². The highest BCUT2D eigenvalue weighted by Crippen LogP contribution is 2.22. The lowest BCUT2D eigenvalue weighted by molar-refractivity contribution is -0.119. The van der Waals surface area contributed by atoms with Crippen LogP contribution in [0.5, 0.6) is 0 Å². The van der Waals surface area contributed by atoms with Gasteiger partial charge in [-0.3, -0.25) is 4.79 Å². The number of halogens is 2. The fraction of sp³-hybridized carbons (Fsp3) is 0.263. The molecule has 0 aliphatic carbocycles. The highest BCUT2D eigenvalue weighted by molar-refractivity contribution is 9.10. The van der Waals surface area contributed by atoms with E-state index in [1.54, 1.807) is 18.2 Å². The summed E-state index contributed by atoms with van der Waals surface area (Å²) in [4.78, 5) is 26.3. The second-order valence-corrected chi connectivity index (χ2v) is 7.22. The minimum absolute atomic E-state index is 0.203. The number of nitrogens with zero attached hydrogens (tertiary/aromatic N) is 1. The number of carbonyl (C=O) groups excluding carboxylic acids is 2. The fourth-order valence-corrected chi connectivity index (χ4v) is 3.19. The lowest BCUT2D eigenvalue weighted by Gasteiger charge is -2.28. The normalized spacial score (nSPS) is 13.9. The van der Waals surface area contributed by atoms with E-state index in [-0.39, 0.29) is 10.6 Å². The van der Waals surface area contributed by atoms with Gasteiger partial charge in [-0.1, -0.05) is 27.5 Å². The van der Waals surface area contributed by atoms with Gasteiger partial charge in [-0.2, -0.15) is 0 Å². The molecular formula is C19H18BrClN2O4. The van der Waals surface area contributed by atoms with Gasteiger partial charge in [-0.25, -0.2) is 4.79 Å². The van der Waals surface area contributed by atoms with Crippen LogP contribution in [-0.4, -0.2) is 44.8 Å². The summed E-state index contributed by atoms with van der Waals surface area (Å²) in [6.45, 7) is 2.73. The molecule has 1 amide bonds. The average Bonchev–Trinajstić information content (AvgIpc) is 2.69. The SMILES string of the molecule is O=C(COC(=O)c1cc(Br)ccc1Cl)Nc1ccc(N2CCOCC2)cc1. The first-order chi connectivity index (χ1) is 13.0. The fourth-order valence-electron chi connectivity index (χ4n) is 2.64. The molecule has 1 aliphatic rings. The summed E-state index contributed by atoms with van der Waals surface area (Å²) in [6.07, 6.45) is 0. The molecule has 1 heterocycles. The summed E-state index contributed by atoms with van der Waals surface area (Å²) in [6, 6.07) is 12.4. The molecule has 0 saturated carbocycles. The third kappa shape index (κ3) is 5.45. The third-order valence-electron chi connectivity index (χ3n) is 4.01. The molecule has 1 N–H and O–H groups in total. The maximum absolute atomic E-state index is 12.1. The molecule has 0 bridgehead atoms. The van der Waals surface area contributed by atoms with Crippen LogP contribution in [-0.2, 0) is 14.3 Å². The Morgan fingerprint density at radius 2 is 1.85 bits per heavy atom. The number of anilines is 2. The zero-order chi connectivity index (χ0) is 19.2. The monoisotopic (exact) mass is 452 g/mol. The molecule has 0 unspecified atom stereocenters. The predicted octanol–water partition coefficient (Wildman–Crippen LogP) is 3.73. The summed E-state index contributed by atoms with van der Waals surface area (Å²) < 4.78 is 11.1. The van der Waals surface area contributed by atoms with Crippen LogP contribution in [0, 0.1) is 0 Å². The number of benzene rings is 2. The Morgan fingerprint density at radius 3 is 2.56 bits per heavy atom. The van der Waals surface area contributed by atoms with Gasteiger partial charge < -0.3 is 19.7 Å². The second kappa shape index (κ2) is 9.21. The van der Waals surface area contributed by atoms with Crippen molar-refractivity contribution >= 4 is 50.8 Å². The standard InChI is InChI=1S/C19H18BrClN2O4/c20-13-1-6-17(21)16(11-13)19(25)27-12-18(24)22-14-2-4-15(5-3-14)23-7-9-26-10-8-23/h1-6,11H,7-10,12H2,(H,22,24). The van der Waals surface area contributed by atoms with E-state index in [4.69, 9.17) is 21.1 Å². The molecule has 142 valence electrons. The molecule has 6 nitrogen and oxygen atoms in total. The van der Waals surface area contributed by atoms with E-state index in [1.165, 1.54) is 0 Å². The zero-order valence-corrected chi connectivity index (χ0v) is 16.8. The van der Waals surface area contributed by atoms with Crippen molar-refractivity contribution in [3.63, 3.8) is 0 Å². The van der Waals surface area contributed by atoms with E-state index in [9.17, 15) is 9.59 Å². The molecule has 8 heteroatoms. The molecule has 0 atom stereocenters. The van der Waals surface area contributed by atoms with E-state index in [0.717, 1.165) is 18.8 Å². The number of hydrogen-bond acceptors (Lipinski definition) is 5. The number of esters is 1. The van der Waals surface area contributed by atoms with Crippen LogP contribution in [0.2, 0.25) is 5.02 Å². The van der Waals surface area contributed by atoms with E-state index in [0.29, 0.717) is 23.4 Å². The Bertz CT molecular complexity index is 823. The van der Waals surface area contributed by atoms with Crippen LogP contribution in [0.15, 0.2) is 46.9 Å². The molecule has 0 aromatic heterocycles. The first-order valence-corrected chi connectivity index (χ1v) is 9.55. The van der Waals surface area contributed by atoms with Gasteiger partial charge in [-0.15, -0.1) is 0 Å². The Balaban J connectivity index is 1.51. The Morgan fingerprint density at radius 1 is 1.15 bits per heavy atom. The van der Waals surface area contributed by atoms with E-state index in [1.807, 2.05) is 24.3 Å². The average molecular weight is 454 g/mol. The smallest absolute Gasteiger partial charge is 0.340 e. The minimum Gasteiger partial charge on any atom is -0.452 e. The van der Waals surface area contributed by atoms with Crippen molar-refractivity contribution in [3.8, 4) is 0 Å². The van der Waals surface area contributed by atoms with Crippen molar-refractivity contribution in [3.05, 3.63) is 57.5 Å². The van der Waals surface area contributed by atoms with Crippen LogP contribution < -0.4 is 10.2 Å². The van der Waals surface area contributed by atoms with Crippen molar-refractivity contribution in [1.29, 1.82) is 0 Å². The lowest BCUT2D eigenvalue weighted by Crippen LogP contribution is -2.36. The van der Waals surface area contributed by atoms with Crippen LogP contribution >= 0.6 is 27.5 Å². The molecule has 1 fully saturated rings. The van der Waals surface area contributed by atoms with Crippen molar-refractivity contribution in [1.82, 2.24) is 0 Å². The van der Waals surface area contributed by atoms with Gasteiger partial charge >= 0.3 is 5.97 Å². The van der Waals surface area contributed by atoms with Crippen molar-refractivity contribution in [2.75, 3.05) is 43.1 Å². The van der Waals surface area contributed by atoms with Gasteiger partial charge in [0.15, 0.2) is 6.61 Å². The molecule has 0 radical (unpaired) electrons. The van der Waals surface area contributed by atoms with Crippen LogP contribution in [0.4, 0.5) is 11.4 Å². The van der Waals surface area contributed by atoms with Gasteiger partial charge in [0.25, 0.3) is 5.91 Å². The number of morpholine rings is 1. The van der Waals surface area contributed by atoms with E-state index < -0.39 is 18.5 Å². The maximum Gasteiger partial charge on any atom is 0.340 e. The van der Waals surface area contributed by atoms with Crippen molar-refractivity contribution < 1.29 is 19.1 Å². The van der Waals surface area contributed by atoms with E-state index in [2.05, 4.69) is 26.1 Å². The second-order valence-electron chi connectivity index (χ2n) is 5.89. The Labute approximate surface area is 170 Å². The summed E-state index contributed by atoms with van der Waals surface area (Å²) in [7, 11) is 0. The highest BCUT2D eigenvalue weighted by Gasteiger charge is 2.15. The zero-order valence-electron chi connectivity index (χ0n) is 14.4. The molecular weight excluding hydrogens is 436 g/mol. The van der Waals surface area contributed by atoms with E-state index >= 15 is 0 Å². The molecule has 2 aromatic rings. The van der Waals surface area contributed by atoms with Gasteiger partial charge in [0.1, 0.15) is 0 Å². The predicted molar refractivity (Wildman–Crippen MR) is 108 cm³/mol. The number of hydrogen-bond donors (Lipinski definition) is 1. The molecule has 27 heavy (non-hydrogen) atoms. The number of nitrogens with one attached hydrogen (secondary N) is 1. The number of amides is 1. The maximum atomic E-state index is 12.1. The molecule has 1 saturated heterocycles. The first-order valence-electron chi connectivity index (χ1n) is 8.38. The number of carbonyl (C=O) groups is 2. The molecule has 3 rings (SSSR count). The Kier molecular flexibility index (Phi) is 6.71. The van der Waals surface area contributed by atoms with Gasteiger partial charge in [0.2, 0.25) is 0 Å².